The van der Waals surface area contributed by atoms with E-state index in [4.69, 9.17) is 5.73 Å². The molecule has 0 amide bonds. The fourth-order valence-electron chi connectivity index (χ4n) is 2.50. The third kappa shape index (κ3) is 2.70. The Morgan fingerprint density at radius 1 is 1.33 bits per heavy atom. The molecule has 2 unspecified atom stereocenters. The van der Waals surface area contributed by atoms with E-state index in [0.29, 0.717) is 5.56 Å². The first-order chi connectivity index (χ1) is 8.59. The van der Waals surface area contributed by atoms with E-state index in [1.54, 1.807) is 6.20 Å². The summed E-state index contributed by atoms with van der Waals surface area (Å²) in [7, 11) is 3.86. The van der Waals surface area contributed by atoms with Crippen LogP contribution in [0.15, 0.2) is 18.3 Å². The van der Waals surface area contributed by atoms with Gasteiger partial charge in [-0.1, -0.05) is 12.8 Å². The Labute approximate surface area is 108 Å². The van der Waals surface area contributed by atoms with E-state index in [9.17, 15) is 4.79 Å². The predicted molar refractivity (Wildman–Crippen MR) is 72.8 cm³/mol. The minimum atomic E-state index is -0.0224. The van der Waals surface area contributed by atoms with Crippen molar-refractivity contribution in [3.63, 3.8) is 0 Å². The molecule has 2 N–H and O–H groups in total. The highest BCUT2D eigenvalue weighted by molar-refractivity contribution is 5.98. The number of carbonyl (C=O) groups excluding carboxylic acids is 1. The first kappa shape index (κ1) is 13.0. The summed E-state index contributed by atoms with van der Waals surface area (Å²) in [4.78, 5) is 18.6. The van der Waals surface area contributed by atoms with E-state index >= 15 is 0 Å². The molecule has 4 heteroatoms. The van der Waals surface area contributed by atoms with Crippen molar-refractivity contribution >= 4 is 11.6 Å². The molecule has 98 valence electrons. The number of carbonyl (C=O) groups is 1. The summed E-state index contributed by atoms with van der Waals surface area (Å²) in [6.45, 7) is 0. The molecule has 1 aliphatic carbocycles. The molecule has 1 heterocycles. The zero-order chi connectivity index (χ0) is 13.1. The van der Waals surface area contributed by atoms with Crippen molar-refractivity contribution in [1.82, 2.24) is 4.98 Å². The molecule has 0 saturated heterocycles. The molecule has 0 spiro atoms. The molecule has 2 atom stereocenters. The molecule has 0 radical (unpaired) electrons. The van der Waals surface area contributed by atoms with Crippen LogP contribution in [0, 0.1) is 5.92 Å². The van der Waals surface area contributed by atoms with Gasteiger partial charge in [-0.25, -0.2) is 4.98 Å². The molecule has 0 bridgehead atoms. The lowest BCUT2D eigenvalue weighted by atomic mass is 9.80. The summed E-state index contributed by atoms with van der Waals surface area (Å²) in [5.41, 5.74) is 6.73. The third-order valence-corrected chi connectivity index (χ3v) is 3.65. The van der Waals surface area contributed by atoms with Crippen LogP contribution in [0.3, 0.4) is 0 Å². The number of hydrogen-bond acceptors (Lipinski definition) is 4. The zero-order valence-electron chi connectivity index (χ0n) is 11.1. The molecule has 1 fully saturated rings. The fourth-order valence-corrected chi connectivity index (χ4v) is 2.50. The van der Waals surface area contributed by atoms with Crippen molar-refractivity contribution in [2.45, 2.75) is 31.7 Å². The molecule has 2 rings (SSSR count). The van der Waals surface area contributed by atoms with Crippen LogP contribution < -0.4 is 10.6 Å². The van der Waals surface area contributed by atoms with Gasteiger partial charge in [0.25, 0.3) is 0 Å². The average molecular weight is 247 g/mol. The van der Waals surface area contributed by atoms with Crippen LogP contribution in [-0.2, 0) is 0 Å². The van der Waals surface area contributed by atoms with Gasteiger partial charge in [0.05, 0.1) is 0 Å². The number of Topliss-reactive ketones (excluding diaryl/α,β-unsaturated/α-hetero) is 1. The topological polar surface area (TPSA) is 59.2 Å². The number of anilines is 1. The Kier molecular flexibility index (Phi) is 3.97. The summed E-state index contributed by atoms with van der Waals surface area (Å²) in [5, 5.41) is 0. The normalized spacial score (nSPS) is 23.7. The maximum Gasteiger partial charge on any atom is 0.169 e. The predicted octanol–water partition coefficient (Wildman–Crippen LogP) is 1.85. The highest BCUT2D eigenvalue weighted by atomic mass is 16.1. The highest BCUT2D eigenvalue weighted by Crippen LogP contribution is 2.26. The lowest BCUT2D eigenvalue weighted by Crippen LogP contribution is -2.38. The van der Waals surface area contributed by atoms with Crippen LogP contribution in [0.4, 0.5) is 5.82 Å². The van der Waals surface area contributed by atoms with Gasteiger partial charge in [-0.3, -0.25) is 4.79 Å². The third-order valence-electron chi connectivity index (χ3n) is 3.65. The molecule has 18 heavy (non-hydrogen) atoms. The van der Waals surface area contributed by atoms with Crippen LogP contribution in [0.25, 0.3) is 0 Å². The van der Waals surface area contributed by atoms with Crippen molar-refractivity contribution in [3.8, 4) is 0 Å². The minimum Gasteiger partial charge on any atom is -0.363 e. The van der Waals surface area contributed by atoms with Crippen LogP contribution in [0.1, 0.15) is 36.0 Å². The van der Waals surface area contributed by atoms with Crippen LogP contribution >= 0.6 is 0 Å². The number of nitrogens with two attached hydrogens (primary N) is 1. The lowest BCUT2D eigenvalue weighted by molar-refractivity contribution is 0.0870. The van der Waals surface area contributed by atoms with E-state index < -0.39 is 0 Å². The van der Waals surface area contributed by atoms with Crippen LogP contribution in [-0.4, -0.2) is 30.9 Å². The van der Waals surface area contributed by atoms with E-state index in [1.165, 1.54) is 0 Å². The minimum absolute atomic E-state index is 0.0137. The van der Waals surface area contributed by atoms with E-state index in [2.05, 4.69) is 4.98 Å². The number of nitrogens with zero attached hydrogens (tertiary/aromatic N) is 2. The van der Waals surface area contributed by atoms with Crippen molar-refractivity contribution in [3.05, 3.63) is 23.9 Å². The number of ketones is 1. The number of hydrogen-bond donors (Lipinski definition) is 1. The average Bonchev–Trinajstić information content (AvgIpc) is 2.38. The van der Waals surface area contributed by atoms with Gasteiger partial charge in [0.15, 0.2) is 5.78 Å². The molecule has 1 aliphatic rings. The molecule has 1 aromatic rings. The van der Waals surface area contributed by atoms with Crippen molar-refractivity contribution in [2.75, 3.05) is 19.0 Å². The second kappa shape index (κ2) is 5.48. The molecule has 0 aliphatic heterocycles. The zero-order valence-corrected chi connectivity index (χ0v) is 11.1. The maximum atomic E-state index is 12.4. The van der Waals surface area contributed by atoms with Gasteiger partial charge in [0.1, 0.15) is 5.82 Å². The van der Waals surface area contributed by atoms with Crippen molar-refractivity contribution < 1.29 is 4.79 Å². The van der Waals surface area contributed by atoms with Gasteiger partial charge >= 0.3 is 0 Å². The van der Waals surface area contributed by atoms with Gasteiger partial charge in [-0.2, -0.15) is 0 Å². The smallest absolute Gasteiger partial charge is 0.169 e. The Balaban J connectivity index is 2.13. The number of rotatable bonds is 3. The summed E-state index contributed by atoms with van der Waals surface area (Å²) < 4.78 is 0. The second-order valence-electron chi connectivity index (χ2n) is 5.22. The van der Waals surface area contributed by atoms with Crippen molar-refractivity contribution in [2.24, 2.45) is 11.7 Å². The van der Waals surface area contributed by atoms with E-state index in [-0.39, 0.29) is 17.7 Å². The quantitative estimate of drug-likeness (QED) is 0.828. The van der Waals surface area contributed by atoms with Crippen molar-refractivity contribution in [1.29, 1.82) is 0 Å². The van der Waals surface area contributed by atoms with Gasteiger partial charge in [-0.05, 0) is 25.0 Å². The Bertz CT molecular complexity index is 414. The monoisotopic (exact) mass is 247 g/mol. The summed E-state index contributed by atoms with van der Waals surface area (Å²) >= 11 is 0. The van der Waals surface area contributed by atoms with E-state index in [0.717, 1.165) is 31.5 Å². The molecule has 1 saturated carbocycles. The molecule has 4 nitrogen and oxygen atoms in total. The van der Waals surface area contributed by atoms with Gasteiger partial charge in [-0.15, -0.1) is 0 Å². The SMILES string of the molecule is CN(C)c1ccc(C(=O)C2CCCCC2N)cn1. The Hall–Kier alpha value is -1.42. The summed E-state index contributed by atoms with van der Waals surface area (Å²) in [6, 6.07) is 3.74. The van der Waals surface area contributed by atoms with E-state index in [1.807, 2.05) is 31.1 Å². The highest BCUT2D eigenvalue weighted by Gasteiger charge is 2.29. The van der Waals surface area contributed by atoms with Gasteiger partial charge < -0.3 is 10.6 Å². The molecular formula is C14H21N3O. The number of aromatic nitrogens is 1. The van der Waals surface area contributed by atoms with Crippen LogP contribution in [0.2, 0.25) is 0 Å². The second-order valence-corrected chi connectivity index (χ2v) is 5.22. The maximum absolute atomic E-state index is 12.4. The lowest BCUT2D eigenvalue weighted by Gasteiger charge is -2.27. The van der Waals surface area contributed by atoms with Gasteiger partial charge in [0, 0.05) is 37.8 Å². The number of pyridine rings is 1. The first-order valence-corrected chi connectivity index (χ1v) is 6.53. The summed E-state index contributed by atoms with van der Waals surface area (Å²) in [5.74, 6) is 0.991. The fraction of sp³-hybridized carbons (Fsp3) is 0.571. The standard InChI is InChI=1S/C14H21N3O/c1-17(2)13-8-7-10(9-16-13)14(18)11-5-3-4-6-12(11)15/h7-9,11-12H,3-6,15H2,1-2H3. The first-order valence-electron chi connectivity index (χ1n) is 6.53. The van der Waals surface area contributed by atoms with Crippen LogP contribution in [0.5, 0.6) is 0 Å². The summed E-state index contributed by atoms with van der Waals surface area (Å²) in [6.07, 6.45) is 5.78. The van der Waals surface area contributed by atoms with Gasteiger partial charge in [0.2, 0.25) is 0 Å². The Morgan fingerprint density at radius 3 is 2.61 bits per heavy atom. The Morgan fingerprint density at radius 2 is 2.06 bits per heavy atom. The largest absolute Gasteiger partial charge is 0.363 e. The molecule has 1 aromatic heterocycles. The molecular weight excluding hydrogens is 226 g/mol. The molecule has 0 aromatic carbocycles.